The number of halogens is 1. The van der Waals surface area contributed by atoms with E-state index >= 15 is 0 Å². The number of amides is 2. The molecule has 7 nitrogen and oxygen atoms in total. The summed E-state index contributed by atoms with van der Waals surface area (Å²) in [5.74, 6) is -0.809. The lowest BCUT2D eigenvalue weighted by atomic mass is 10.1. The van der Waals surface area contributed by atoms with Crippen LogP contribution in [0.5, 0.6) is 0 Å². The molecule has 0 fully saturated rings. The lowest BCUT2D eigenvalue weighted by Gasteiger charge is -2.26. The van der Waals surface area contributed by atoms with E-state index in [1.54, 1.807) is 24.3 Å². The second-order valence-electron chi connectivity index (χ2n) is 8.26. The Balaban J connectivity index is 2.23. The number of carbonyl (C=O) groups is 2. The van der Waals surface area contributed by atoms with Gasteiger partial charge in [-0.1, -0.05) is 41.9 Å². The lowest BCUT2D eigenvalue weighted by molar-refractivity contribution is -0.135. The van der Waals surface area contributed by atoms with Gasteiger partial charge in [0.1, 0.15) is 0 Å². The van der Waals surface area contributed by atoms with Crippen LogP contribution in [0.4, 0.5) is 0 Å². The van der Waals surface area contributed by atoms with Gasteiger partial charge in [0.05, 0.1) is 18.0 Å². The Morgan fingerprint density at radius 3 is 2.10 bits per heavy atom. The summed E-state index contributed by atoms with van der Waals surface area (Å²) in [4.78, 5) is 26.2. The molecule has 0 aliphatic carbocycles. The van der Waals surface area contributed by atoms with Crippen molar-refractivity contribution in [1.82, 2.24) is 14.5 Å². The highest BCUT2D eigenvalue weighted by molar-refractivity contribution is 7.89. The number of likely N-dealkylation sites (N-methyl/N-ethyl adjacent to an activating group) is 1. The minimum atomic E-state index is -3.98. The Kier molecular flexibility index (Phi) is 8.22. The smallest absolute Gasteiger partial charge is 0.243 e. The molecule has 0 aliphatic heterocycles. The van der Waals surface area contributed by atoms with Gasteiger partial charge < -0.3 is 10.2 Å². The standard InChI is InChI=1S/C22H28ClN3O4S/c1-22(2,3)24-20(27)15-25(4)21(28)16-26(14-17-8-6-5-7-9-17)31(29,30)19-12-10-18(23)11-13-19/h5-13H,14-16H2,1-4H3,(H,24,27). The molecule has 9 heteroatoms. The van der Waals surface area contributed by atoms with E-state index in [1.807, 2.05) is 26.8 Å². The molecular formula is C22H28ClN3O4S. The normalized spacial score (nSPS) is 11.9. The van der Waals surface area contributed by atoms with E-state index in [0.717, 1.165) is 9.87 Å². The van der Waals surface area contributed by atoms with Crippen LogP contribution in [-0.2, 0) is 26.2 Å². The first-order valence-electron chi connectivity index (χ1n) is 9.73. The predicted octanol–water partition coefficient (Wildman–Crippen LogP) is 2.90. The lowest BCUT2D eigenvalue weighted by Crippen LogP contribution is -2.48. The van der Waals surface area contributed by atoms with Gasteiger partial charge in [0.25, 0.3) is 0 Å². The molecule has 0 atom stereocenters. The van der Waals surface area contributed by atoms with Crippen LogP contribution in [0.1, 0.15) is 26.3 Å². The third-order valence-electron chi connectivity index (χ3n) is 4.29. The minimum Gasteiger partial charge on any atom is -0.350 e. The summed E-state index contributed by atoms with van der Waals surface area (Å²) in [6.07, 6.45) is 0. The highest BCUT2D eigenvalue weighted by atomic mass is 35.5. The fourth-order valence-corrected chi connectivity index (χ4v) is 4.31. The molecule has 0 saturated heterocycles. The third-order valence-corrected chi connectivity index (χ3v) is 6.34. The second kappa shape index (κ2) is 10.3. The highest BCUT2D eigenvalue weighted by Gasteiger charge is 2.28. The zero-order chi connectivity index (χ0) is 23.2. The molecule has 0 spiro atoms. The molecule has 2 aromatic rings. The van der Waals surface area contributed by atoms with E-state index < -0.39 is 28.0 Å². The Bertz CT molecular complexity index is 1000. The molecule has 31 heavy (non-hydrogen) atoms. The molecule has 2 amide bonds. The molecule has 0 radical (unpaired) electrons. The van der Waals surface area contributed by atoms with Crippen molar-refractivity contribution in [3.05, 3.63) is 65.2 Å². The molecule has 0 heterocycles. The van der Waals surface area contributed by atoms with Crippen LogP contribution in [0, 0.1) is 0 Å². The van der Waals surface area contributed by atoms with Gasteiger partial charge in [-0.3, -0.25) is 9.59 Å². The summed E-state index contributed by atoms with van der Waals surface area (Å²) < 4.78 is 27.6. The Labute approximate surface area is 189 Å². The van der Waals surface area contributed by atoms with Gasteiger partial charge in [-0.05, 0) is 50.6 Å². The SMILES string of the molecule is CN(CC(=O)NC(C)(C)C)C(=O)CN(Cc1ccccc1)S(=O)(=O)c1ccc(Cl)cc1. The summed E-state index contributed by atoms with van der Waals surface area (Å²) in [5.41, 5.74) is 0.305. The van der Waals surface area contributed by atoms with E-state index in [9.17, 15) is 18.0 Å². The average Bonchev–Trinajstić information content (AvgIpc) is 2.67. The number of hydrogen-bond acceptors (Lipinski definition) is 4. The van der Waals surface area contributed by atoms with Gasteiger partial charge in [0, 0.05) is 24.2 Å². The van der Waals surface area contributed by atoms with Gasteiger partial charge in [-0.2, -0.15) is 4.31 Å². The van der Waals surface area contributed by atoms with Gasteiger partial charge in [-0.15, -0.1) is 0 Å². The maximum Gasteiger partial charge on any atom is 0.243 e. The number of sulfonamides is 1. The van der Waals surface area contributed by atoms with Crippen molar-refractivity contribution >= 4 is 33.4 Å². The number of benzene rings is 2. The van der Waals surface area contributed by atoms with Crippen molar-refractivity contribution in [1.29, 1.82) is 0 Å². The fraction of sp³-hybridized carbons (Fsp3) is 0.364. The van der Waals surface area contributed by atoms with E-state index in [-0.39, 0.29) is 23.9 Å². The number of carbonyl (C=O) groups excluding carboxylic acids is 2. The van der Waals surface area contributed by atoms with Crippen molar-refractivity contribution in [3.63, 3.8) is 0 Å². The van der Waals surface area contributed by atoms with Crippen LogP contribution in [0.15, 0.2) is 59.5 Å². The number of hydrogen-bond donors (Lipinski definition) is 1. The largest absolute Gasteiger partial charge is 0.350 e. The highest BCUT2D eigenvalue weighted by Crippen LogP contribution is 2.20. The van der Waals surface area contributed by atoms with Crippen LogP contribution in [0.2, 0.25) is 5.02 Å². The van der Waals surface area contributed by atoms with Crippen LogP contribution >= 0.6 is 11.6 Å². The Morgan fingerprint density at radius 2 is 1.55 bits per heavy atom. The van der Waals surface area contributed by atoms with Crippen LogP contribution < -0.4 is 5.32 Å². The summed E-state index contributed by atoms with van der Waals surface area (Å²) in [6, 6.07) is 14.8. The topological polar surface area (TPSA) is 86.8 Å². The first-order chi connectivity index (χ1) is 14.4. The van der Waals surface area contributed by atoms with Gasteiger partial charge >= 0.3 is 0 Å². The fourth-order valence-electron chi connectivity index (χ4n) is 2.80. The van der Waals surface area contributed by atoms with Crippen molar-refractivity contribution in [2.45, 2.75) is 37.8 Å². The molecule has 0 saturated carbocycles. The quantitative estimate of drug-likeness (QED) is 0.649. The van der Waals surface area contributed by atoms with Crippen molar-refractivity contribution in [2.24, 2.45) is 0 Å². The molecule has 0 bridgehead atoms. The number of nitrogens with zero attached hydrogens (tertiary/aromatic N) is 2. The van der Waals surface area contributed by atoms with Gasteiger partial charge in [-0.25, -0.2) is 8.42 Å². The monoisotopic (exact) mass is 465 g/mol. The molecule has 168 valence electrons. The van der Waals surface area contributed by atoms with Crippen LogP contribution in [0.25, 0.3) is 0 Å². The van der Waals surface area contributed by atoms with E-state index in [2.05, 4.69) is 5.32 Å². The zero-order valence-corrected chi connectivity index (χ0v) is 19.7. The Morgan fingerprint density at radius 1 is 0.968 bits per heavy atom. The Hall–Kier alpha value is -2.42. The van der Waals surface area contributed by atoms with Gasteiger partial charge in [0.15, 0.2) is 0 Å². The van der Waals surface area contributed by atoms with E-state index in [0.29, 0.717) is 5.02 Å². The van der Waals surface area contributed by atoms with Crippen LogP contribution in [0.3, 0.4) is 0 Å². The van der Waals surface area contributed by atoms with Crippen molar-refractivity contribution < 1.29 is 18.0 Å². The summed E-state index contributed by atoms with van der Waals surface area (Å²) in [6.45, 7) is 4.96. The van der Waals surface area contributed by atoms with Gasteiger partial charge in [0.2, 0.25) is 21.8 Å². The molecule has 2 rings (SSSR count). The first-order valence-corrected chi connectivity index (χ1v) is 11.5. The van der Waals surface area contributed by atoms with E-state index in [1.165, 1.54) is 36.2 Å². The molecule has 2 aromatic carbocycles. The molecular weight excluding hydrogens is 438 g/mol. The van der Waals surface area contributed by atoms with Crippen molar-refractivity contribution in [2.75, 3.05) is 20.1 Å². The molecule has 0 aliphatic rings. The maximum absolute atomic E-state index is 13.2. The van der Waals surface area contributed by atoms with E-state index in [4.69, 9.17) is 11.6 Å². The number of nitrogens with one attached hydrogen (secondary N) is 1. The molecule has 0 unspecified atom stereocenters. The van der Waals surface area contributed by atoms with Crippen molar-refractivity contribution in [3.8, 4) is 0 Å². The molecule has 1 N–H and O–H groups in total. The molecule has 0 aromatic heterocycles. The second-order valence-corrected chi connectivity index (χ2v) is 10.6. The number of rotatable bonds is 8. The summed E-state index contributed by atoms with van der Waals surface area (Å²) in [7, 11) is -2.50. The maximum atomic E-state index is 13.2. The first kappa shape index (κ1) is 24.8. The van der Waals surface area contributed by atoms with Crippen LogP contribution in [-0.4, -0.2) is 55.1 Å². The zero-order valence-electron chi connectivity index (χ0n) is 18.1. The average molecular weight is 466 g/mol. The summed E-state index contributed by atoms with van der Waals surface area (Å²) >= 11 is 5.88. The third kappa shape index (κ3) is 7.65. The summed E-state index contributed by atoms with van der Waals surface area (Å²) in [5, 5.41) is 3.19. The minimum absolute atomic E-state index is 0.0135. The predicted molar refractivity (Wildman–Crippen MR) is 121 cm³/mol.